The molecule has 37 heavy (non-hydrogen) atoms. The first-order chi connectivity index (χ1) is 17.4. The lowest BCUT2D eigenvalue weighted by molar-refractivity contribution is -0.0611. The summed E-state index contributed by atoms with van der Waals surface area (Å²) in [5.74, 6) is 0.173. The molecule has 2 N–H and O–H groups in total. The Morgan fingerprint density at radius 2 is 1.95 bits per heavy atom. The van der Waals surface area contributed by atoms with Crippen LogP contribution in [0.4, 0.5) is 20.7 Å². The van der Waals surface area contributed by atoms with Crippen LogP contribution in [0.25, 0.3) is 10.9 Å². The number of carbonyl (C=O) groups is 1. The molecular weight excluding hydrogens is 497 g/mol. The van der Waals surface area contributed by atoms with Gasteiger partial charge in [-0.3, -0.25) is 0 Å². The van der Waals surface area contributed by atoms with Gasteiger partial charge in [0.1, 0.15) is 29.2 Å². The highest BCUT2D eigenvalue weighted by atomic mass is 35.5. The van der Waals surface area contributed by atoms with Crippen LogP contribution in [-0.2, 0) is 15.0 Å². The summed E-state index contributed by atoms with van der Waals surface area (Å²) >= 11 is 6.11. The van der Waals surface area contributed by atoms with Gasteiger partial charge < -0.3 is 14.8 Å². The highest BCUT2D eigenvalue weighted by Crippen LogP contribution is 2.49. The fourth-order valence-corrected chi connectivity index (χ4v) is 5.05. The van der Waals surface area contributed by atoms with Crippen LogP contribution < -0.4 is 10.6 Å². The average Bonchev–Trinajstić information content (AvgIpc) is 2.77. The number of amides is 1. The van der Waals surface area contributed by atoms with Gasteiger partial charge in [-0.05, 0) is 83.4 Å². The van der Waals surface area contributed by atoms with Crippen LogP contribution in [-0.4, -0.2) is 33.3 Å². The van der Waals surface area contributed by atoms with Gasteiger partial charge in [0.05, 0.1) is 11.1 Å². The SMILES string of the molecule is CC(C)(C)OC(=O)NC1=N[C@](C)(c2cc(Nc3ncnc4cc(Cl)ccc34)ccc2F)CC2(CCC2)O1. The zero-order valence-electron chi connectivity index (χ0n) is 21.2. The number of ether oxygens (including phenoxy) is 2. The first-order valence-electron chi connectivity index (χ1n) is 12.2. The number of aliphatic imine (C=N–C) groups is 1. The Hall–Kier alpha value is -3.46. The van der Waals surface area contributed by atoms with Gasteiger partial charge in [0.2, 0.25) is 0 Å². The smallest absolute Gasteiger partial charge is 0.415 e. The molecule has 2 heterocycles. The van der Waals surface area contributed by atoms with Gasteiger partial charge >= 0.3 is 6.09 Å². The number of amidine groups is 1. The van der Waals surface area contributed by atoms with E-state index in [-0.39, 0.29) is 6.02 Å². The predicted molar refractivity (Wildman–Crippen MR) is 141 cm³/mol. The van der Waals surface area contributed by atoms with E-state index in [1.165, 1.54) is 12.4 Å². The maximum atomic E-state index is 15.3. The van der Waals surface area contributed by atoms with Crippen molar-refractivity contribution < 1.29 is 18.7 Å². The van der Waals surface area contributed by atoms with Gasteiger partial charge in [0.15, 0.2) is 0 Å². The lowest BCUT2D eigenvalue weighted by Crippen LogP contribution is -2.54. The van der Waals surface area contributed by atoms with Crippen molar-refractivity contribution in [3.8, 4) is 0 Å². The molecule has 3 aromatic rings. The highest BCUT2D eigenvalue weighted by Gasteiger charge is 2.51. The maximum Gasteiger partial charge on any atom is 0.415 e. The number of nitrogens with zero attached hydrogens (tertiary/aromatic N) is 3. The normalized spacial score (nSPS) is 20.5. The van der Waals surface area contributed by atoms with E-state index in [0.717, 1.165) is 24.6 Å². The van der Waals surface area contributed by atoms with Crippen molar-refractivity contribution in [1.82, 2.24) is 15.3 Å². The zero-order chi connectivity index (χ0) is 26.4. The highest BCUT2D eigenvalue weighted by molar-refractivity contribution is 6.31. The molecule has 0 unspecified atom stereocenters. The predicted octanol–water partition coefficient (Wildman–Crippen LogP) is 6.60. The van der Waals surface area contributed by atoms with Crippen LogP contribution >= 0.6 is 11.6 Å². The monoisotopic (exact) mass is 525 g/mol. The van der Waals surface area contributed by atoms with Crippen LogP contribution in [0, 0.1) is 5.82 Å². The summed E-state index contributed by atoms with van der Waals surface area (Å²) in [4.78, 5) is 25.8. The number of fused-ring (bicyclic) bond motifs is 1. The minimum absolute atomic E-state index is 0.0409. The summed E-state index contributed by atoms with van der Waals surface area (Å²) < 4.78 is 26.8. The van der Waals surface area contributed by atoms with Gasteiger partial charge in [-0.25, -0.2) is 29.5 Å². The maximum absolute atomic E-state index is 15.3. The zero-order valence-corrected chi connectivity index (χ0v) is 21.9. The summed E-state index contributed by atoms with van der Waals surface area (Å²) in [6, 6.07) is 10.2. The van der Waals surface area contributed by atoms with Crippen LogP contribution in [0.3, 0.4) is 0 Å². The molecule has 0 saturated heterocycles. The van der Waals surface area contributed by atoms with Gasteiger partial charge in [0, 0.05) is 28.1 Å². The van der Waals surface area contributed by atoms with Crippen molar-refractivity contribution in [1.29, 1.82) is 0 Å². The molecule has 2 aliphatic rings. The molecule has 5 rings (SSSR count). The first-order valence-corrected chi connectivity index (χ1v) is 12.6. The number of hydrogen-bond acceptors (Lipinski definition) is 7. The third-order valence-electron chi connectivity index (χ3n) is 6.61. The summed E-state index contributed by atoms with van der Waals surface area (Å²) in [5, 5.41) is 7.26. The second kappa shape index (κ2) is 9.13. The van der Waals surface area contributed by atoms with Gasteiger partial charge in [-0.1, -0.05) is 11.6 Å². The van der Waals surface area contributed by atoms with Crippen LogP contribution in [0.1, 0.15) is 58.9 Å². The van der Waals surface area contributed by atoms with E-state index < -0.39 is 28.7 Å². The standard InChI is InChI=1S/C27H29ClFN5O3/c1-25(2,3)37-24(35)33-23-34-26(4,14-27(36-23)10-5-11-27)19-13-17(7-9-20(19)29)32-22-18-8-6-16(28)12-21(18)30-15-31-22/h6-9,12-13,15H,5,10-11,14H2,1-4H3,(H,30,31,32)(H,33,34,35)/t26-/m0/s1. The number of nitrogens with one attached hydrogen (secondary N) is 2. The summed E-state index contributed by atoms with van der Waals surface area (Å²) in [5.41, 5.74) is -0.460. The number of benzene rings is 2. The second-order valence-electron chi connectivity index (χ2n) is 10.8. The molecular formula is C27H29ClFN5O3. The molecule has 8 nitrogen and oxygen atoms in total. The minimum Gasteiger partial charge on any atom is -0.458 e. The molecule has 1 fully saturated rings. The number of rotatable bonds is 3. The summed E-state index contributed by atoms with van der Waals surface area (Å²) in [7, 11) is 0. The Labute approximate surface area is 219 Å². The van der Waals surface area contributed by atoms with Crippen molar-refractivity contribution in [2.45, 2.75) is 70.1 Å². The Morgan fingerprint density at radius 3 is 2.65 bits per heavy atom. The van der Waals surface area contributed by atoms with E-state index in [4.69, 9.17) is 21.1 Å². The lowest BCUT2D eigenvalue weighted by atomic mass is 9.69. The number of aromatic nitrogens is 2. The molecule has 1 spiro atoms. The average molecular weight is 526 g/mol. The Balaban J connectivity index is 1.48. The second-order valence-corrected chi connectivity index (χ2v) is 11.3. The number of halogens is 2. The van der Waals surface area contributed by atoms with Crippen molar-refractivity contribution in [2.24, 2.45) is 4.99 Å². The van der Waals surface area contributed by atoms with E-state index in [2.05, 4.69) is 25.6 Å². The number of alkyl carbamates (subject to hydrolysis) is 1. The van der Waals surface area contributed by atoms with Gasteiger partial charge in [-0.2, -0.15) is 0 Å². The molecule has 194 valence electrons. The molecule has 1 amide bonds. The molecule has 1 aliphatic heterocycles. The fourth-order valence-electron chi connectivity index (χ4n) is 4.89. The Kier molecular flexibility index (Phi) is 6.22. The molecule has 1 saturated carbocycles. The molecule has 2 aromatic carbocycles. The van der Waals surface area contributed by atoms with Crippen molar-refractivity contribution in [3.05, 3.63) is 59.1 Å². The summed E-state index contributed by atoms with van der Waals surface area (Å²) in [6.45, 7) is 7.18. The fraction of sp³-hybridized carbons (Fsp3) is 0.407. The first kappa shape index (κ1) is 25.2. The number of anilines is 2. The van der Waals surface area contributed by atoms with E-state index in [1.54, 1.807) is 45.0 Å². The molecule has 0 radical (unpaired) electrons. The van der Waals surface area contributed by atoms with Gasteiger partial charge in [-0.15, -0.1) is 0 Å². The molecule has 1 aliphatic carbocycles. The quantitative estimate of drug-likeness (QED) is 0.399. The third-order valence-corrected chi connectivity index (χ3v) is 6.84. The van der Waals surface area contributed by atoms with Crippen molar-refractivity contribution >= 4 is 46.1 Å². The molecule has 1 aromatic heterocycles. The number of hydrogen-bond donors (Lipinski definition) is 2. The van der Waals surface area contributed by atoms with Crippen LogP contribution in [0.2, 0.25) is 5.02 Å². The van der Waals surface area contributed by atoms with Crippen LogP contribution in [0.5, 0.6) is 0 Å². The minimum atomic E-state index is -0.980. The van der Waals surface area contributed by atoms with E-state index in [1.807, 2.05) is 13.0 Å². The summed E-state index contributed by atoms with van der Waals surface area (Å²) in [6.07, 6.45) is 3.85. The Morgan fingerprint density at radius 1 is 1.16 bits per heavy atom. The van der Waals surface area contributed by atoms with Crippen LogP contribution in [0.15, 0.2) is 47.7 Å². The van der Waals surface area contributed by atoms with Gasteiger partial charge in [0.25, 0.3) is 6.02 Å². The molecule has 10 heteroatoms. The van der Waals surface area contributed by atoms with Crippen molar-refractivity contribution in [2.75, 3.05) is 5.32 Å². The molecule has 1 atom stereocenters. The Bertz CT molecular complexity index is 1400. The topological polar surface area (TPSA) is 97.7 Å². The van der Waals surface area contributed by atoms with Crippen molar-refractivity contribution in [3.63, 3.8) is 0 Å². The van der Waals surface area contributed by atoms with E-state index in [0.29, 0.717) is 34.0 Å². The number of carbonyl (C=O) groups excluding carboxylic acids is 1. The van der Waals surface area contributed by atoms with E-state index in [9.17, 15) is 4.79 Å². The third kappa shape index (κ3) is 5.32. The lowest BCUT2D eigenvalue weighted by Gasteiger charge is -2.49. The van der Waals surface area contributed by atoms with E-state index >= 15 is 4.39 Å². The molecule has 0 bridgehead atoms. The largest absolute Gasteiger partial charge is 0.458 e.